The number of amides is 1. The van der Waals surface area contributed by atoms with Crippen LogP contribution in [0.15, 0.2) is 52.0 Å². The van der Waals surface area contributed by atoms with E-state index in [0.29, 0.717) is 10.8 Å². The number of hydrogen-bond acceptors (Lipinski definition) is 4. The molecule has 0 fully saturated rings. The van der Waals surface area contributed by atoms with Crippen molar-refractivity contribution in [1.29, 1.82) is 0 Å². The molecule has 0 unspecified atom stereocenters. The summed E-state index contributed by atoms with van der Waals surface area (Å²) in [5, 5.41) is 3.06. The molecule has 2 aromatic rings. The first-order valence-corrected chi connectivity index (χ1v) is 8.28. The summed E-state index contributed by atoms with van der Waals surface area (Å²) >= 11 is 5.71. The van der Waals surface area contributed by atoms with Gasteiger partial charge in [0.05, 0.1) is 23.5 Å². The molecule has 0 bridgehead atoms. The Kier molecular flexibility index (Phi) is 5.03. The zero-order chi connectivity index (χ0) is 15.3. The molecule has 0 atom stereocenters. The average Bonchev–Trinajstić information content (AvgIpc) is 2.97. The van der Waals surface area contributed by atoms with E-state index in [9.17, 15) is 13.2 Å². The second-order valence-electron chi connectivity index (χ2n) is 4.38. The van der Waals surface area contributed by atoms with Crippen LogP contribution in [0.2, 0.25) is 5.02 Å². The van der Waals surface area contributed by atoms with Gasteiger partial charge in [0.1, 0.15) is 5.76 Å². The van der Waals surface area contributed by atoms with Gasteiger partial charge in [-0.15, -0.1) is 0 Å². The molecule has 112 valence electrons. The van der Waals surface area contributed by atoms with Crippen LogP contribution in [0.3, 0.4) is 0 Å². The summed E-state index contributed by atoms with van der Waals surface area (Å²) in [6.45, 7) is 0.243. The number of hydrogen-bond donors (Lipinski definition) is 1. The standard InChI is InChI=1S/C14H14ClNO4S/c15-11-3-5-13(6-4-11)21(18,19)9-7-14(17)16-10-12-2-1-8-20-12/h1-6,8H,7,9-10H2,(H,16,17). The Morgan fingerprint density at radius 1 is 1.19 bits per heavy atom. The van der Waals surface area contributed by atoms with E-state index < -0.39 is 9.84 Å². The molecule has 0 spiro atoms. The van der Waals surface area contributed by atoms with Crippen LogP contribution in [0.25, 0.3) is 0 Å². The van der Waals surface area contributed by atoms with Gasteiger partial charge in [0.2, 0.25) is 5.91 Å². The molecular formula is C14H14ClNO4S. The van der Waals surface area contributed by atoms with Crippen LogP contribution in [0.1, 0.15) is 12.2 Å². The first-order chi connectivity index (χ1) is 9.97. The zero-order valence-corrected chi connectivity index (χ0v) is 12.7. The minimum atomic E-state index is -3.49. The van der Waals surface area contributed by atoms with Gasteiger partial charge in [0.25, 0.3) is 0 Å². The molecule has 21 heavy (non-hydrogen) atoms. The van der Waals surface area contributed by atoms with E-state index in [1.165, 1.54) is 30.5 Å². The highest BCUT2D eigenvalue weighted by molar-refractivity contribution is 7.91. The van der Waals surface area contributed by atoms with Crippen molar-refractivity contribution < 1.29 is 17.6 Å². The number of carbonyl (C=O) groups is 1. The number of sulfone groups is 1. The Labute approximate surface area is 127 Å². The Balaban J connectivity index is 1.86. The van der Waals surface area contributed by atoms with Crippen molar-refractivity contribution in [3.8, 4) is 0 Å². The van der Waals surface area contributed by atoms with E-state index in [0.717, 1.165) is 0 Å². The molecule has 1 aromatic carbocycles. The van der Waals surface area contributed by atoms with Crippen LogP contribution in [-0.4, -0.2) is 20.1 Å². The van der Waals surface area contributed by atoms with Crippen molar-refractivity contribution in [2.45, 2.75) is 17.9 Å². The van der Waals surface area contributed by atoms with Gasteiger partial charge >= 0.3 is 0 Å². The molecule has 0 saturated carbocycles. The number of halogens is 1. The van der Waals surface area contributed by atoms with Gasteiger partial charge in [-0.25, -0.2) is 8.42 Å². The topological polar surface area (TPSA) is 76.4 Å². The van der Waals surface area contributed by atoms with E-state index >= 15 is 0 Å². The van der Waals surface area contributed by atoms with Crippen LogP contribution >= 0.6 is 11.6 Å². The van der Waals surface area contributed by atoms with Crippen molar-refractivity contribution in [2.75, 3.05) is 5.75 Å². The fraction of sp³-hybridized carbons (Fsp3) is 0.214. The fourth-order valence-electron chi connectivity index (χ4n) is 1.67. The Hall–Kier alpha value is -1.79. The Morgan fingerprint density at radius 3 is 2.52 bits per heavy atom. The molecule has 5 nitrogen and oxygen atoms in total. The lowest BCUT2D eigenvalue weighted by molar-refractivity contribution is -0.120. The van der Waals surface area contributed by atoms with Crippen LogP contribution in [0, 0.1) is 0 Å². The van der Waals surface area contributed by atoms with Crippen LogP contribution in [0.5, 0.6) is 0 Å². The molecular weight excluding hydrogens is 314 g/mol. The molecule has 0 aliphatic heterocycles. The highest BCUT2D eigenvalue weighted by Crippen LogP contribution is 2.16. The van der Waals surface area contributed by atoms with Gasteiger partial charge < -0.3 is 9.73 Å². The van der Waals surface area contributed by atoms with E-state index in [2.05, 4.69) is 5.32 Å². The van der Waals surface area contributed by atoms with Gasteiger partial charge in [-0.3, -0.25) is 4.79 Å². The maximum absolute atomic E-state index is 12.0. The normalized spacial score (nSPS) is 11.3. The third-order valence-corrected chi connectivity index (χ3v) is 4.79. The van der Waals surface area contributed by atoms with Crippen molar-refractivity contribution in [3.05, 3.63) is 53.4 Å². The number of nitrogens with one attached hydrogen (secondary N) is 1. The Bertz CT molecular complexity index is 693. The molecule has 2 rings (SSSR count). The van der Waals surface area contributed by atoms with Gasteiger partial charge in [0.15, 0.2) is 9.84 Å². The summed E-state index contributed by atoms with van der Waals surface area (Å²) in [6.07, 6.45) is 1.40. The smallest absolute Gasteiger partial charge is 0.221 e. The summed E-state index contributed by atoms with van der Waals surface area (Å²) in [5.41, 5.74) is 0. The highest BCUT2D eigenvalue weighted by atomic mass is 35.5. The second kappa shape index (κ2) is 6.78. The lowest BCUT2D eigenvalue weighted by Gasteiger charge is -2.05. The van der Waals surface area contributed by atoms with Crippen LogP contribution in [-0.2, 0) is 21.2 Å². The lowest BCUT2D eigenvalue weighted by atomic mass is 10.4. The second-order valence-corrected chi connectivity index (χ2v) is 6.92. The average molecular weight is 328 g/mol. The SMILES string of the molecule is O=C(CCS(=O)(=O)c1ccc(Cl)cc1)NCc1ccco1. The van der Waals surface area contributed by atoms with Gasteiger partial charge in [-0.1, -0.05) is 11.6 Å². The molecule has 1 aromatic heterocycles. The van der Waals surface area contributed by atoms with Crippen molar-refractivity contribution in [3.63, 3.8) is 0 Å². The number of furan rings is 1. The van der Waals surface area contributed by atoms with Gasteiger partial charge in [-0.2, -0.15) is 0 Å². The summed E-state index contributed by atoms with van der Waals surface area (Å²) in [6, 6.07) is 9.31. The summed E-state index contributed by atoms with van der Waals surface area (Å²) in [5.74, 6) is 0.0198. The summed E-state index contributed by atoms with van der Waals surface area (Å²) in [4.78, 5) is 11.8. The van der Waals surface area contributed by atoms with Crippen LogP contribution in [0.4, 0.5) is 0 Å². The minimum Gasteiger partial charge on any atom is -0.467 e. The monoisotopic (exact) mass is 327 g/mol. The largest absolute Gasteiger partial charge is 0.467 e. The van der Waals surface area contributed by atoms with Crippen molar-refractivity contribution in [2.24, 2.45) is 0 Å². The van der Waals surface area contributed by atoms with Gasteiger partial charge in [-0.05, 0) is 36.4 Å². The number of rotatable bonds is 6. The summed E-state index contributed by atoms with van der Waals surface area (Å²) in [7, 11) is -3.49. The quantitative estimate of drug-likeness (QED) is 0.884. The number of benzene rings is 1. The van der Waals surface area contributed by atoms with E-state index in [-0.39, 0.29) is 29.5 Å². The highest BCUT2D eigenvalue weighted by Gasteiger charge is 2.16. The Morgan fingerprint density at radius 2 is 1.90 bits per heavy atom. The molecule has 1 N–H and O–H groups in total. The zero-order valence-electron chi connectivity index (χ0n) is 11.1. The van der Waals surface area contributed by atoms with E-state index in [4.69, 9.17) is 16.0 Å². The predicted octanol–water partition coefficient (Wildman–Crippen LogP) is 2.41. The first kappa shape index (κ1) is 15.6. The molecule has 0 saturated heterocycles. The predicted molar refractivity (Wildman–Crippen MR) is 78.7 cm³/mol. The molecule has 0 aliphatic rings. The van der Waals surface area contributed by atoms with E-state index in [1.54, 1.807) is 12.1 Å². The van der Waals surface area contributed by atoms with Gasteiger partial charge in [0, 0.05) is 11.4 Å². The molecule has 0 aliphatic carbocycles. The molecule has 1 heterocycles. The third-order valence-electron chi connectivity index (χ3n) is 2.81. The third kappa shape index (κ3) is 4.61. The number of carbonyl (C=O) groups excluding carboxylic acids is 1. The first-order valence-electron chi connectivity index (χ1n) is 6.25. The lowest BCUT2D eigenvalue weighted by Crippen LogP contribution is -2.25. The molecule has 1 amide bonds. The maximum Gasteiger partial charge on any atom is 0.221 e. The molecule has 7 heteroatoms. The van der Waals surface area contributed by atoms with Crippen LogP contribution < -0.4 is 5.32 Å². The van der Waals surface area contributed by atoms with Crippen molar-refractivity contribution >= 4 is 27.3 Å². The maximum atomic E-state index is 12.0. The minimum absolute atomic E-state index is 0.105. The molecule has 0 radical (unpaired) electrons. The van der Waals surface area contributed by atoms with Crippen molar-refractivity contribution in [1.82, 2.24) is 5.32 Å². The summed E-state index contributed by atoms with van der Waals surface area (Å²) < 4.78 is 29.1. The fourth-order valence-corrected chi connectivity index (χ4v) is 3.04. The van der Waals surface area contributed by atoms with E-state index in [1.807, 2.05) is 0 Å².